The number of hydrogen-bond donors (Lipinski definition) is 1. The first-order chi connectivity index (χ1) is 9.35. The quantitative estimate of drug-likeness (QED) is 0.826. The number of rotatable bonds is 2. The number of piperidine rings is 1. The van der Waals surface area contributed by atoms with E-state index in [1.54, 1.807) is 17.0 Å². The van der Waals surface area contributed by atoms with Gasteiger partial charge in [0, 0.05) is 18.5 Å². The van der Waals surface area contributed by atoms with E-state index in [1.165, 1.54) is 6.07 Å². The van der Waals surface area contributed by atoms with Crippen molar-refractivity contribution in [2.45, 2.75) is 19.8 Å². The number of nitrogens with zero attached hydrogens (tertiary/aromatic N) is 1. The Morgan fingerprint density at radius 3 is 2.60 bits per heavy atom. The summed E-state index contributed by atoms with van der Waals surface area (Å²) >= 11 is 8.17. The van der Waals surface area contributed by atoms with Gasteiger partial charge in [0.05, 0.1) is 15.0 Å². The second-order valence-electron chi connectivity index (χ2n) is 5.32. The molecule has 1 aliphatic rings. The zero-order valence-corrected chi connectivity index (χ0v) is 13.6. The van der Waals surface area contributed by atoms with Crippen LogP contribution in [0.5, 0.6) is 0 Å². The summed E-state index contributed by atoms with van der Waals surface area (Å²) in [6, 6.07) is 4.74. The lowest BCUT2D eigenvalue weighted by molar-refractivity contribution is 0.0665. The molecule has 6 heteroatoms. The van der Waals surface area contributed by atoms with Crippen molar-refractivity contribution in [3.8, 4) is 0 Å². The summed E-state index contributed by atoms with van der Waals surface area (Å²) in [5, 5.41) is 0. The van der Waals surface area contributed by atoms with E-state index in [0.29, 0.717) is 35.4 Å². The lowest BCUT2D eigenvalue weighted by atomic mass is 9.80. The molecule has 2 N–H and O–H groups in total. The first-order valence-electron chi connectivity index (χ1n) is 6.38. The fraction of sp³-hybridized carbons (Fsp3) is 0.429. The summed E-state index contributed by atoms with van der Waals surface area (Å²) in [5.41, 5.74) is 5.63. The van der Waals surface area contributed by atoms with Crippen LogP contribution in [0.3, 0.4) is 0 Å². The van der Waals surface area contributed by atoms with Crippen LogP contribution in [0, 0.1) is 11.2 Å². The highest BCUT2D eigenvalue weighted by molar-refractivity contribution is 9.10. The van der Waals surface area contributed by atoms with E-state index in [0.717, 1.165) is 0 Å². The summed E-state index contributed by atoms with van der Waals surface area (Å²) < 4.78 is 14.3. The minimum Gasteiger partial charge on any atom is -0.393 e. The number of halogens is 2. The van der Waals surface area contributed by atoms with Crippen LogP contribution in [0.2, 0.25) is 0 Å². The van der Waals surface area contributed by atoms with Gasteiger partial charge in [-0.2, -0.15) is 0 Å². The number of hydrogen-bond acceptors (Lipinski definition) is 2. The Morgan fingerprint density at radius 2 is 2.05 bits per heavy atom. The van der Waals surface area contributed by atoms with Gasteiger partial charge in [0.1, 0.15) is 5.82 Å². The monoisotopic (exact) mass is 358 g/mol. The molecule has 0 bridgehead atoms. The number of likely N-dealkylation sites (tertiary alicyclic amines) is 1. The Hall–Kier alpha value is -1.01. The van der Waals surface area contributed by atoms with Crippen LogP contribution in [-0.4, -0.2) is 28.9 Å². The number of carbonyl (C=O) groups excluding carboxylic acids is 1. The highest BCUT2D eigenvalue weighted by Crippen LogP contribution is 2.32. The van der Waals surface area contributed by atoms with Crippen molar-refractivity contribution in [2.75, 3.05) is 13.1 Å². The molecule has 2 rings (SSSR count). The van der Waals surface area contributed by atoms with Gasteiger partial charge in [-0.05, 0) is 40.9 Å². The number of benzene rings is 1. The Kier molecular flexibility index (Phi) is 4.44. The van der Waals surface area contributed by atoms with E-state index in [-0.39, 0.29) is 16.9 Å². The molecule has 1 amide bonds. The lowest BCUT2D eigenvalue weighted by Crippen LogP contribution is -2.46. The molecule has 1 aromatic carbocycles. The number of nitrogens with two attached hydrogens (primary N) is 1. The third-order valence-electron chi connectivity index (χ3n) is 3.93. The highest BCUT2D eigenvalue weighted by atomic mass is 79.9. The Morgan fingerprint density at radius 1 is 1.45 bits per heavy atom. The van der Waals surface area contributed by atoms with Crippen molar-refractivity contribution in [2.24, 2.45) is 11.1 Å². The van der Waals surface area contributed by atoms with Crippen LogP contribution < -0.4 is 5.73 Å². The van der Waals surface area contributed by atoms with Crippen LogP contribution in [0.15, 0.2) is 22.7 Å². The van der Waals surface area contributed by atoms with Gasteiger partial charge < -0.3 is 10.6 Å². The van der Waals surface area contributed by atoms with Gasteiger partial charge >= 0.3 is 0 Å². The molecule has 0 spiro atoms. The molecule has 1 heterocycles. The van der Waals surface area contributed by atoms with E-state index in [1.807, 2.05) is 6.92 Å². The van der Waals surface area contributed by atoms with Gasteiger partial charge in [-0.1, -0.05) is 25.2 Å². The minimum absolute atomic E-state index is 0.0957. The van der Waals surface area contributed by atoms with Gasteiger partial charge in [-0.15, -0.1) is 0 Å². The molecule has 3 nitrogen and oxygen atoms in total. The second-order valence-corrected chi connectivity index (χ2v) is 6.61. The lowest BCUT2D eigenvalue weighted by Gasteiger charge is -2.38. The van der Waals surface area contributed by atoms with Crippen molar-refractivity contribution in [1.29, 1.82) is 0 Å². The van der Waals surface area contributed by atoms with Gasteiger partial charge in [0.15, 0.2) is 0 Å². The van der Waals surface area contributed by atoms with Gasteiger partial charge in [0.25, 0.3) is 5.91 Å². The largest absolute Gasteiger partial charge is 0.393 e. The molecular weight excluding hydrogens is 343 g/mol. The maximum atomic E-state index is 14.0. The van der Waals surface area contributed by atoms with E-state index >= 15 is 0 Å². The standard InChI is InChI=1S/C14H16BrFN2OS/c1-14(13(17)20)5-7-18(8-6-14)12(19)9-3-2-4-10(15)11(9)16/h2-4H,5-8H2,1H3,(H2,17,20). The Labute approximate surface area is 131 Å². The zero-order valence-electron chi connectivity index (χ0n) is 11.2. The Bertz CT molecular complexity index is 556. The molecule has 0 unspecified atom stereocenters. The topological polar surface area (TPSA) is 46.3 Å². The molecule has 0 saturated carbocycles. The third-order valence-corrected chi connectivity index (χ3v) is 5.04. The predicted molar refractivity (Wildman–Crippen MR) is 84.1 cm³/mol. The molecule has 108 valence electrons. The van der Waals surface area contributed by atoms with Crippen molar-refractivity contribution < 1.29 is 9.18 Å². The molecule has 1 fully saturated rings. The van der Waals surface area contributed by atoms with Crippen molar-refractivity contribution in [3.63, 3.8) is 0 Å². The maximum absolute atomic E-state index is 14.0. The maximum Gasteiger partial charge on any atom is 0.256 e. The highest BCUT2D eigenvalue weighted by Gasteiger charge is 2.34. The number of carbonyl (C=O) groups is 1. The average molecular weight is 359 g/mol. The zero-order chi connectivity index (χ0) is 14.9. The van der Waals surface area contributed by atoms with Crippen LogP contribution in [0.25, 0.3) is 0 Å². The summed E-state index contributed by atoms with van der Waals surface area (Å²) in [6.07, 6.45) is 1.42. The van der Waals surface area contributed by atoms with Crippen molar-refractivity contribution >= 4 is 39.0 Å². The Balaban J connectivity index is 2.13. The first kappa shape index (κ1) is 15.4. The summed E-state index contributed by atoms with van der Waals surface area (Å²) in [4.78, 5) is 14.5. The molecule has 1 saturated heterocycles. The molecule has 1 aromatic rings. The minimum atomic E-state index is -0.514. The first-order valence-corrected chi connectivity index (χ1v) is 7.58. The molecule has 0 atom stereocenters. The molecule has 0 radical (unpaired) electrons. The fourth-order valence-electron chi connectivity index (χ4n) is 2.29. The van der Waals surface area contributed by atoms with E-state index in [4.69, 9.17) is 18.0 Å². The van der Waals surface area contributed by atoms with Crippen molar-refractivity contribution in [1.82, 2.24) is 4.90 Å². The van der Waals surface area contributed by atoms with Crippen LogP contribution >= 0.6 is 28.1 Å². The van der Waals surface area contributed by atoms with Gasteiger partial charge in [-0.3, -0.25) is 4.79 Å². The summed E-state index contributed by atoms with van der Waals surface area (Å²) in [5.74, 6) is -0.797. The summed E-state index contributed by atoms with van der Waals surface area (Å²) in [7, 11) is 0. The number of thiocarbonyl (C=S) groups is 1. The fourth-order valence-corrected chi connectivity index (χ4v) is 2.86. The third kappa shape index (κ3) is 2.86. The van der Waals surface area contributed by atoms with Crippen LogP contribution in [0.4, 0.5) is 4.39 Å². The van der Waals surface area contributed by atoms with E-state index in [9.17, 15) is 9.18 Å². The SMILES string of the molecule is CC1(C(N)=S)CCN(C(=O)c2cccc(Br)c2F)CC1. The molecule has 20 heavy (non-hydrogen) atoms. The molecule has 1 aliphatic heterocycles. The second kappa shape index (κ2) is 5.77. The average Bonchev–Trinajstić information content (AvgIpc) is 2.42. The summed E-state index contributed by atoms with van der Waals surface area (Å²) in [6.45, 7) is 3.09. The van der Waals surface area contributed by atoms with Gasteiger partial charge in [-0.25, -0.2) is 4.39 Å². The molecule has 0 aliphatic carbocycles. The molecule has 0 aromatic heterocycles. The molecular formula is C14H16BrFN2OS. The normalized spacial score (nSPS) is 17.9. The van der Waals surface area contributed by atoms with Crippen LogP contribution in [-0.2, 0) is 0 Å². The van der Waals surface area contributed by atoms with E-state index in [2.05, 4.69) is 15.9 Å². The van der Waals surface area contributed by atoms with E-state index < -0.39 is 5.82 Å². The van der Waals surface area contributed by atoms with Crippen LogP contribution in [0.1, 0.15) is 30.1 Å². The smallest absolute Gasteiger partial charge is 0.256 e. The van der Waals surface area contributed by atoms with Crippen molar-refractivity contribution in [3.05, 3.63) is 34.1 Å². The number of amides is 1. The predicted octanol–water partition coefficient (Wildman–Crippen LogP) is 3.12. The van der Waals surface area contributed by atoms with Gasteiger partial charge in [0.2, 0.25) is 0 Å².